The van der Waals surface area contributed by atoms with Crippen LogP contribution in [0.4, 0.5) is 10.2 Å². The summed E-state index contributed by atoms with van der Waals surface area (Å²) in [6.07, 6.45) is 3.62. The summed E-state index contributed by atoms with van der Waals surface area (Å²) in [6, 6.07) is 0. The average molecular weight is 222 g/mol. The average Bonchev–Trinajstić information content (AvgIpc) is 3.15. The molecule has 2 aliphatic rings. The van der Waals surface area contributed by atoms with E-state index < -0.39 is 0 Å². The van der Waals surface area contributed by atoms with E-state index in [1.54, 1.807) is 0 Å². The van der Waals surface area contributed by atoms with Crippen molar-refractivity contribution >= 4 is 5.82 Å². The van der Waals surface area contributed by atoms with E-state index in [1.807, 2.05) is 4.90 Å². The van der Waals surface area contributed by atoms with Crippen molar-refractivity contribution in [2.24, 2.45) is 0 Å². The van der Waals surface area contributed by atoms with E-state index in [9.17, 15) is 4.39 Å². The molecule has 2 heterocycles. The Labute approximate surface area is 93.9 Å². The second-order valence-corrected chi connectivity index (χ2v) is 4.41. The van der Waals surface area contributed by atoms with Gasteiger partial charge in [-0.1, -0.05) is 0 Å². The van der Waals surface area contributed by atoms with Gasteiger partial charge in [0.25, 0.3) is 0 Å². The van der Waals surface area contributed by atoms with Crippen molar-refractivity contribution in [3.63, 3.8) is 0 Å². The summed E-state index contributed by atoms with van der Waals surface area (Å²) in [5.74, 6) is 0.620. The first-order valence-electron chi connectivity index (χ1n) is 5.82. The lowest BCUT2D eigenvalue weighted by atomic mass is 10.2. The molecule has 1 aromatic rings. The molecule has 86 valence electrons. The summed E-state index contributed by atoms with van der Waals surface area (Å²) in [5, 5.41) is 3.25. The summed E-state index contributed by atoms with van der Waals surface area (Å²) in [5.41, 5.74) is 0.614. The number of rotatable bonds is 2. The van der Waals surface area contributed by atoms with Crippen LogP contribution in [0.3, 0.4) is 0 Å². The molecule has 5 heteroatoms. The van der Waals surface area contributed by atoms with Crippen LogP contribution in [0.15, 0.2) is 6.33 Å². The normalized spacial score (nSPS) is 21.2. The molecule has 0 atom stereocenters. The van der Waals surface area contributed by atoms with Gasteiger partial charge in [0, 0.05) is 32.1 Å². The van der Waals surface area contributed by atoms with Crippen LogP contribution >= 0.6 is 0 Å². The van der Waals surface area contributed by atoms with Crippen LogP contribution in [-0.2, 0) is 0 Å². The van der Waals surface area contributed by atoms with E-state index in [1.165, 1.54) is 6.33 Å². The number of anilines is 1. The zero-order chi connectivity index (χ0) is 11.0. The smallest absolute Gasteiger partial charge is 0.187 e. The van der Waals surface area contributed by atoms with Crippen LogP contribution < -0.4 is 10.2 Å². The molecular weight excluding hydrogens is 207 g/mol. The molecule has 1 N–H and O–H groups in total. The second-order valence-electron chi connectivity index (χ2n) is 4.41. The number of piperazine rings is 1. The number of hydrogen-bond donors (Lipinski definition) is 1. The van der Waals surface area contributed by atoms with Gasteiger partial charge >= 0.3 is 0 Å². The van der Waals surface area contributed by atoms with Crippen molar-refractivity contribution < 1.29 is 4.39 Å². The van der Waals surface area contributed by atoms with E-state index >= 15 is 0 Å². The highest BCUT2D eigenvalue weighted by atomic mass is 19.1. The van der Waals surface area contributed by atoms with Gasteiger partial charge in [0.15, 0.2) is 11.6 Å². The lowest BCUT2D eigenvalue weighted by molar-refractivity contribution is 0.547. The van der Waals surface area contributed by atoms with Crippen LogP contribution in [0.25, 0.3) is 0 Å². The fourth-order valence-electron chi connectivity index (χ4n) is 2.11. The van der Waals surface area contributed by atoms with Crippen molar-refractivity contribution in [1.29, 1.82) is 0 Å². The molecule has 1 saturated heterocycles. The lowest BCUT2D eigenvalue weighted by Crippen LogP contribution is -2.44. The molecule has 0 amide bonds. The van der Waals surface area contributed by atoms with Gasteiger partial charge in [-0.05, 0) is 12.8 Å². The second kappa shape index (κ2) is 3.97. The quantitative estimate of drug-likeness (QED) is 0.807. The minimum atomic E-state index is -0.202. The fourth-order valence-corrected chi connectivity index (χ4v) is 2.11. The van der Waals surface area contributed by atoms with Gasteiger partial charge in [-0.25, -0.2) is 14.4 Å². The predicted octanol–water partition coefficient (Wildman–Crippen LogP) is 0.903. The molecule has 1 saturated carbocycles. The van der Waals surface area contributed by atoms with Crippen LogP contribution in [0.1, 0.15) is 24.5 Å². The minimum absolute atomic E-state index is 0.202. The summed E-state index contributed by atoms with van der Waals surface area (Å²) in [4.78, 5) is 10.2. The maximum absolute atomic E-state index is 14.2. The Kier molecular flexibility index (Phi) is 2.47. The highest BCUT2D eigenvalue weighted by Gasteiger charge is 2.30. The number of halogens is 1. The van der Waals surface area contributed by atoms with Crippen molar-refractivity contribution in [2.75, 3.05) is 31.1 Å². The third-order valence-corrected chi connectivity index (χ3v) is 3.18. The minimum Gasteiger partial charge on any atom is -0.352 e. The predicted molar refractivity (Wildman–Crippen MR) is 59.0 cm³/mol. The molecule has 1 aromatic heterocycles. The lowest BCUT2D eigenvalue weighted by Gasteiger charge is -2.28. The Bertz CT molecular complexity index is 386. The molecule has 0 unspecified atom stereocenters. The van der Waals surface area contributed by atoms with Crippen molar-refractivity contribution in [1.82, 2.24) is 15.3 Å². The van der Waals surface area contributed by atoms with Crippen molar-refractivity contribution in [2.45, 2.75) is 18.8 Å². The number of nitrogens with one attached hydrogen (secondary N) is 1. The van der Waals surface area contributed by atoms with Crippen LogP contribution in [0.5, 0.6) is 0 Å². The van der Waals surface area contributed by atoms with Gasteiger partial charge in [0.1, 0.15) is 6.33 Å². The van der Waals surface area contributed by atoms with Gasteiger partial charge in [0.05, 0.1) is 5.69 Å². The molecule has 0 spiro atoms. The first-order valence-corrected chi connectivity index (χ1v) is 5.82. The number of aromatic nitrogens is 2. The van der Waals surface area contributed by atoms with E-state index in [0.717, 1.165) is 39.0 Å². The topological polar surface area (TPSA) is 41.1 Å². The van der Waals surface area contributed by atoms with E-state index in [-0.39, 0.29) is 5.82 Å². The first kappa shape index (κ1) is 9.96. The van der Waals surface area contributed by atoms with Crippen LogP contribution in [0.2, 0.25) is 0 Å². The third kappa shape index (κ3) is 1.75. The van der Waals surface area contributed by atoms with Gasteiger partial charge in [-0.2, -0.15) is 0 Å². The molecule has 1 aliphatic carbocycles. The van der Waals surface area contributed by atoms with E-state index in [0.29, 0.717) is 17.4 Å². The van der Waals surface area contributed by atoms with Gasteiger partial charge in [-0.3, -0.25) is 0 Å². The zero-order valence-electron chi connectivity index (χ0n) is 9.12. The highest BCUT2D eigenvalue weighted by Crippen LogP contribution is 2.41. The first-order chi connectivity index (χ1) is 7.86. The monoisotopic (exact) mass is 222 g/mol. The van der Waals surface area contributed by atoms with Gasteiger partial charge in [-0.15, -0.1) is 0 Å². The molecule has 0 bridgehead atoms. The van der Waals surface area contributed by atoms with Crippen molar-refractivity contribution in [3.8, 4) is 0 Å². The summed E-state index contributed by atoms with van der Waals surface area (Å²) in [6.45, 7) is 3.42. The molecule has 2 fully saturated rings. The SMILES string of the molecule is Fc1c(C2CC2)ncnc1N1CCNCC1. The molecule has 3 rings (SSSR count). The molecular formula is C11H15FN4. The molecule has 0 radical (unpaired) electrons. The highest BCUT2D eigenvalue weighted by molar-refractivity contribution is 5.43. The standard InChI is InChI=1S/C11H15FN4/c12-9-10(8-1-2-8)14-7-15-11(9)16-5-3-13-4-6-16/h7-8,13H,1-6H2. The summed E-state index contributed by atoms with van der Waals surface area (Å²) < 4.78 is 14.2. The number of nitrogens with zero attached hydrogens (tertiary/aromatic N) is 3. The molecule has 4 nitrogen and oxygen atoms in total. The maximum Gasteiger partial charge on any atom is 0.187 e. The number of hydrogen-bond acceptors (Lipinski definition) is 4. The van der Waals surface area contributed by atoms with Crippen molar-refractivity contribution in [3.05, 3.63) is 17.8 Å². The molecule has 16 heavy (non-hydrogen) atoms. The fraction of sp³-hybridized carbons (Fsp3) is 0.636. The van der Waals surface area contributed by atoms with E-state index in [2.05, 4.69) is 15.3 Å². The zero-order valence-corrected chi connectivity index (χ0v) is 9.12. The van der Waals surface area contributed by atoms with Crippen LogP contribution in [0, 0.1) is 5.82 Å². The Morgan fingerprint density at radius 1 is 1.25 bits per heavy atom. The third-order valence-electron chi connectivity index (χ3n) is 3.18. The Morgan fingerprint density at radius 2 is 2.00 bits per heavy atom. The molecule has 1 aliphatic heterocycles. The molecule has 0 aromatic carbocycles. The Morgan fingerprint density at radius 3 is 2.69 bits per heavy atom. The van der Waals surface area contributed by atoms with E-state index in [4.69, 9.17) is 0 Å². The van der Waals surface area contributed by atoms with Gasteiger partial charge < -0.3 is 10.2 Å². The summed E-state index contributed by atoms with van der Waals surface area (Å²) >= 11 is 0. The Balaban J connectivity index is 1.90. The van der Waals surface area contributed by atoms with Crippen LogP contribution in [-0.4, -0.2) is 36.1 Å². The largest absolute Gasteiger partial charge is 0.352 e. The van der Waals surface area contributed by atoms with Gasteiger partial charge in [0.2, 0.25) is 0 Å². The summed E-state index contributed by atoms with van der Waals surface area (Å²) in [7, 11) is 0. The maximum atomic E-state index is 14.2. The Hall–Kier alpha value is -1.23.